The molecule has 1 heterocycles. The van der Waals surface area contributed by atoms with Crippen LogP contribution in [0.4, 0.5) is 0 Å². The van der Waals surface area contributed by atoms with E-state index in [1.54, 1.807) is 29.8 Å². The number of pyridine rings is 1. The van der Waals surface area contributed by atoms with Crippen LogP contribution in [0.15, 0.2) is 47.3 Å². The van der Waals surface area contributed by atoms with Crippen LogP contribution in [-0.2, 0) is 18.3 Å². The summed E-state index contributed by atoms with van der Waals surface area (Å²) < 4.78 is 1.62. The smallest absolute Gasteiger partial charge is 0.307 e. The number of aryl methyl sites for hydroxylation is 1. The first-order valence-electron chi connectivity index (χ1n) is 6.30. The van der Waals surface area contributed by atoms with Crippen LogP contribution in [0.1, 0.15) is 5.56 Å². The number of hydrogen-bond acceptors (Lipinski definition) is 2. The quantitative estimate of drug-likeness (QED) is 0.725. The normalized spacial score (nSPS) is 11.1. The van der Waals surface area contributed by atoms with Gasteiger partial charge in [-0.05, 0) is 29.1 Å². The molecule has 100 valence electrons. The van der Waals surface area contributed by atoms with Gasteiger partial charge in [0.2, 0.25) is 0 Å². The van der Waals surface area contributed by atoms with Crippen LogP contribution in [0.2, 0.25) is 0 Å². The highest BCUT2D eigenvalue weighted by Gasteiger charge is 2.09. The number of carbonyl (C=O) groups is 1. The second-order valence-electron chi connectivity index (χ2n) is 4.83. The summed E-state index contributed by atoms with van der Waals surface area (Å²) in [6.45, 7) is 0. The first-order valence-corrected chi connectivity index (χ1v) is 6.30. The number of carboxylic acids is 1. The van der Waals surface area contributed by atoms with E-state index >= 15 is 0 Å². The number of rotatable bonds is 2. The van der Waals surface area contributed by atoms with Crippen LogP contribution >= 0.6 is 0 Å². The van der Waals surface area contributed by atoms with E-state index in [9.17, 15) is 9.59 Å². The number of fused-ring (bicyclic) bond motifs is 3. The third-order valence-corrected chi connectivity index (χ3v) is 3.53. The summed E-state index contributed by atoms with van der Waals surface area (Å²) in [5.41, 5.74) is 1.47. The first kappa shape index (κ1) is 12.4. The minimum atomic E-state index is -0.877. The van der Waals surface area contributed by atoms with Gasteiger partial charge in [0.05, 0.1) is 11.9 Å². The molecule has 0 saturated heterocycles. The molecule has 0 aliphatic carbocycles. The van der Waals surface area contributed by atoms with Crippen molar-refractivity contribution in [3.05, 3.63) is 58.4 Å². The van der Waals surface area contributed by atoms with Gasteiger partial charge in [-0.1, -0.05) is 24.3 Å². The predicted molar refractivity (Wildman–Crippen MR) is 78.0 cm³/mol. The Labute approximate surface area is 114 Å². The number of benzene rings is 2. The van der Waals surface area contributed by atoms with Gasteiger partial charge in [0.25, 0.3) is 5.56 Å². The molecule has 0 atom stereocenters. The Morgan fingerprint density at radius 1 is 1.10 bits per heavy atom. The molecule has 0 amide bonds. The van der Waals surface area contributed by atoms with Gasteiger partial charge in [0.15, 0.2) is 0 Å². The van der Waals surface area contributed by atoms with Crippen molar-refractivity contribution >= 4 is 27.6 Å². The summed E-state index contributed by atoms with van der Waals surface area (Å²) in [7, 11) is 1.75. The lowest BCUT2D eigenvalue weighted by atomic mass is 10.0. The standard InChI is InChI=1S/C16H13NO3/c1-17-14-5-3-2-4-11(14)13-8-10(9-15(18)19)6-7-12(13)16(17)20/h2-8H,9H2,1H3,(H,18,19). The van der Waals surface area contributed by atoms with Crippen molar-refractivity contribution in [2.45, 2.75) is 6.42 Å². The molecule has 2 aromatic carbocycles. The summed E-state index contributed by atoms with van der Waals surface area (Å²) >= 11 is 0. The highest BCUT2D eigenvalue weighted by molar-refractivity contribution is 6.05. The summed E-state index contributed by atoms with van der Waals surface area (Å²) in [5, 5.41) is 11.3. The van der Waals surface area contributed by atoms with E-state index in [4.69, 9.17) is 5.11 Å². The third-order valence-electron chi connectivity index (χ3n) is 3.53. The highest BCUT2D eigenvalue weighted by atomic mass is 16.4. The maximum absolute atomic E-state index is 12.3. The van der Waals surface area contributed by atoms with Gasteiger partial charge in [-0.25, -0.2) is 0 Å². The third kappa shape index (κ3) is 1.86. The average molecular weight is 267 g/mol. The van der Waals surface area contributed by atoms with Gasteiger partial charge in [-0.15, -0.1) is 0 Å². The molecular weight excluding hydrogens is 254 g/mol. The molecule has 0 unspecified atom stereocenters. The van der Waals surface area contributed by atoms with Gasteiger partial charge in [-0.2, -0.15) is 0 Å². The molecule has 4 nitrogen and oxygen atoms in total. The van der Waals surface area contributed by atoms with E-state index in [-0.39, 0.29) is 12.0 Å². The molecule has 0 bridgehead atoms. The maximum Gasteiger partial charge on any atom is 0.307 e. The van der Waals surface area contributed by atoms with Gasteiger partial charge < -0.3 is 9.67 Å². The number of aromatic nitrogens is 1. The minimum absolute atomic E-state index is 0.0422. The number of hydrogen-bond donors (Lipinski definition) is 1. The lowest BCUT2D eigenvalue weighted by Gasteiger charge is -2.09. The fourth-order valence-corrected chi connectivity index (χ4v) is 2.57. The van der Waals surface area contributed by atoms with E-state index in [1.165, 1.54) is 0 Å². The molecule has 3 rings (SSSR count). The molecule has 1 aromatic heterocycles. The van der Waals surface area contributed by atoms with Gasteiger partial charge in [0, 0.05) is 17.8 Å². The van der Waals surface area contributed by atoms with Crippen molar-refractivity contribution < 1.29 is 9.90 Å². The molecule has 0 spiro atoms. The average Bonchev–Trinajstić information content (AvgIpc) is 2.44. The lowest BCUT2D eigenvalue weighted by Crippen LogP contribution is -2.17. The largest absolute Gasteiger partial charge is 0.481 e. The van der Waals surface area contributed by atoms with Crippen molar-refractivity contribution in [1.82, 2.24) is 4.57 Å². The highest BCUT2D eigenvalue weighted by Crippen LogP contribution is 2.23. The van der Waals surface area contributed by atoms with Crippen LogP contribution in [0.25, 0.3) is 21.7 Å². The summed E-state index contributed by atoms with van der Waals surface area (Å²) in [6, 6.07) is 12.8. The summed E-state index contributed by atoms with van der Waals surface area (Å²) in [6.07, 6.45) is -0.0422. The second-order valence-corrected chi connectivity index (χ2v) is 4.83. The molecule has 0 aliphatic rings. The molecule has 1 N–H and O–H groups in total. The predicted octanol–water partition coefficient (Wildman–Crippen LogP) is 2.32. The molecule has 20 heavy (non-hydrogen) atoms. The van der Waals surface area contributed by atoms with Crippen LogP contribution < -0.4 is 5.56 Å². The topological polar surface area (TPSA) is 59.3 Å². The van der Waals surface area contributed by atoms with Gasteiger partial charge in [0.1, 0.15) is 0 Å². The van der Waals surface area contributed by atoms with E-state index in [1.807, 2.05) is 24.3 Å². The molecule has 0 fully saturated rings. The molecular formula is C16H13NO3. The van der Waals surface area contributed by atoms with E-state index in [0.29, 0.717) is 10.9 Å². The van der Waals surface area contributed by atoms with Crippen LogP contribution in [-0.4, -0.2) is 15.6 Å². The Hall–Kier alpha value is -2.62. The molecule has 4 heteroatoms. The Bertz CT molecular complexity index is 893. The van der Waals surface area contributed by atoms with Crippen LogP contribution in [0, 0.1) is 0 Å². The van der Waals surface area contributed by atoms with E-state index in [2.05, 4.69) is 0 Å². The summed E-state index contributed by atoms with van der Waals surface area (Å²) in [5.74, 6) is -0.877. The number of carboxylic acid groups (broad SMARTS) is 1. The van der Waals surface area contributed by atoms with Crippen LogP contribution in [0.5, 0.6) is 0 Å². The summed E-state index contributed by atoms with van der Waals surface area (Å²) in [4.78, 5) is 23.1. The van der Waals surface area contributed by atoms with E-state index < -0.39 is 5.97 Å². The fourth-order valence-electron chi connectivity index (χ4n) is 2.57. The Kier molecular flexibility index (Phi) is 2.79. The zero-order valence-corrected chi connectivity index (χ0v) is 11.0. The molecule has 0 saturated carbocycles. The van der Waals surface area contributed by atoms with Gasteiger partial charge >= 0.3 is 5.97 Å². The van der Waals surface area contributed by atoms with E-state index in [0.717, 1.165) is 16.3 Å². The molecule has 0 radical (unpaired) electrons. The van der Waals surface area contributed by atoms with Crippen molar-refractivity contribution in [1.29, 1.82) is 0 Å². The molecule has 0 aliphatic heterocycles. The zero-order chi connectivity index (χ0) is 14.3. The van der Waals surface area contributed by atoms with Crippen molar-refractivity contribution in [3.8, 4) is 0 Å². The number of para-hydroxylation sites is 1. The minimum Gasteiger partial charge on any atom is -0.481 e. The van der Waals surface area contributed by atoms with Crippen molar-refractivity contribution in [3.63, 3.8) is 0 Å². The Balaban J connectivity index is 2.44. The monoisotopic (exact) mass is 267 g/mol. The van der Waals surface area contributed by atoms with Gasteiger partial charge in [-0.3, -0.25) is 9.59 Å². The number of aliphatic carboxylic acids is 1. The van der Waals surface area contributed by atoms with Crippen LogP contribution in [0.3, 0.4) is 0 Å². The molecule has 3 aromatic rings. The SMILES string of the molecule is Cn1c(=O)c2ccc(CC(=O)O)cc2c2ccccc21. The fraction of sp³-hybridized carbons (Fsp3) is 0.125. The van der Waals surface area contributed by atoms with Crippen molar-refractivity contribution in [2.75, 3.05) is 0 Å². The Morgan fingerprint density at radius 2 is 1.85 bits per heavy atom. The Morgan fingerprint density at radius 3 is 2.60 bits per heavy atom. The zero-order valence-electron chi connectivity index (χ0n) is 11.0. The number of nitrogens with zero attached hydrogens (tertiary/aromatic N) is 1. The second kappa shape index (κ2) is 4.49. The lowest BCUT2D eigenvalue weighted by molar-refractivity contribution is -0.136. The van der Waals surface area contributed by atoms with Crippen molar-refractivity contribution in [2.24, 2.45) is 7.05 Å². The maximum atomic E-state index is 12.3. The first-order chi connectivity index (χ1) is 9.58.